The molecule has 1 fully saturated rings. The third-order valence-corrected chi connectivity index (χ3v) is 5.19. The van der Waals surface area contributed by atoms with E-state index in [0.29, 0.717) is 17.0 Å². The molecule has 3 atom stereocenters. The van der Waals surface area contributed by atoms with E-state index >= 15 is 0 Å². The lowest BCUT2D eigenvalue weighted by Crippen LogP contribution is -2.40. The number of rotatable bonds is 5. The fourth-order valence-corrected chi connectivity index (χ4v) is 3.91. The van der Waals surface area contributed by atoms with Gasteiger partial charge in [0.05, 0.1) is 0 Å². The summed E-state index contributed by atoms with van der Waals surface area (Å²) in [6.07, 6.45) is 7.47. The number of hydrogen-bond acceptors (Lipinski definition) is 1. The lowest BCUT2D eigenvalue weighted by molar-refractivity contribution is 0.179. The molecule has 0 saturated heterocycles. The molecule has 1 aliphatic rings. The fourth-order valence-electron chi connectivity index (χ4n) is 3.66. The molecule has 0 bridgehead atoms. The van der Waals surface area contributed by atoms with Crippen LogP contribution in [0.3, 0.4) is 0 Å². The van der Waals surface area contributed by atoms with Crippen molar-refractivity contribution in [2.45, 2.75) is 51.5 Å². The van der Waals surface area contributed by atoms with E-state index < -0.39 is 0 Å². The Morgan fingerprint density at radius 1 is 1.35 bits per heavy atom. The Bertz CT molecular complexity index is 435. The van der Waals surface area contributed by atoms with E-state index in [2.05, 4.69) is 12.2 Å². The van der Waals surface area contributed by atoms with Gasteiger partial charge in [-0.05, 0) is 49.4 Å². The zero-order chi connectivity index (χ0) is 14.5. The molecule has 0 heterocycles. The first kappa shape index (κ1) is 15.8. The summed E-state index contributed by atoms with van der Waals surface area (Å²) in [6.45, 7) is 2.29. The van der Waals surface area contributed by atoms with Crippen molar-refractivity contribution in [3.8, 4) is 0 Å². The Morgan fingerprint density at radius 2 is 2.10 bits per heavy atom. The Morgan fingerprint density at radius 3 is 2.75 bits per heavy atom. The monoisotopic (exact) mass is 297 g/mol. The van der Waals surface area contributed by atoms with Crippen LogP contribution in [-0.2, 0) is 6.42 Å². The first-order valence-electron chi connectivity index (χ1n) is 7.76. The third kappa shape index (κ3) is 3.73. The highest BCUT2D eigenvalue weighted by atomic mass is 35.5. The first-order chi connectivity index (χ1) is 9.65. The summed E-state index contributed by atoms with van der Waals surface area (Å²) in [5.41, 5.74) is 1.05. The number of halogens is 2. The molecule has 2 rings (SSSR count). The quantitative estimate of drug-likeness (QED) is 0.821. The van der Waals surface area contributed by atoms with Gasteiger partial charge in [0.2, 0.25) is 0 Å². The zero-order valence-electron chi connectivity index (χ0n) is 12.5. The van der Waals surface area contributed by atoms with E-state index in [1.165, 1.54) is 44.2 Å². The van der Waals surface area contributed by atoms with E-state index in [-0.39, 0.29) is 5.82 Å². The lowest BCUT2D eigenvalue weighted by Gasteiger charge is -2.37. The molecule has 1 N–H and O–H groups in total. The Labute approximate surface area is 126 Å². The van der Waals surface area contributed by atoms with Crippen LogP contribution in [0.15, 0.2) is 18.2 Å². The minimum atomic E-state index is -0.260. The van der Waals surface area contributed by atoms with E-state index in [1.807, 2.05) is 13.1 Å². The molecule has 1 aromatic carbocycles. The summed E-state index contributed by atoms with van der Waals surface area (Å²) in [7, 11) is 2.03. The second kappa shape index (κ2) is 7.42. The van der Waals surface area contributed by atoms with E-state index in [0.717, 1.165) is 17.9 Å². The summed E-state index contributed by atoms with van der Waals surface area (Å²) in [6, 6.07) is 5.18. The molecule has 1 nitrogen and oxygen atoms in total. The van der Waals surface area contributed by atoms with Gasteiger partial charge in [-0.15, -0.1) is 0 Å². The second-order valence-corrected chi connectivity index (χ2v) is 6.36. The Hall–Kier alpha value is -0.600. The van der Waals surface area contributed by atoms with Gasteiger partial charge < -0.3 is 5.32 Å². The van der Waals surface area contributed by atoms with Gasteiger partial charge in [0.15, 0.2) is 0 Å². The number of hydrogen-bond donors (Lipinski definition) is 1. The number of benzene rings is 1. The van der Waals surface area contributed by atoms with Crippen molar-refractivity contribution in [2.75, 3.05) is 7.05 Å². The topological polar surface area (TPSA) is 12.0 Å². The van der Waals surface area contributed by atoms with Crippen molar-refractivity contribution in [3.05, 3.63) is 34.6 Å². The molecule has 0 amide bonds. The molecule has 0 radical (unpaired) electrons. The molecule has 0 aromatic heterocycles. The molecule has 3 unspecified atom stereocenters. The minimum Gasteiger partial charge on any atom is -0.316 e. The first-order valence-corrected chi connectivity index (χ1v) is 8.14. The van der Waals surface area contributed by atoms with Gasteiger partial charge in [-0.1, -0.05) is 50.3 Å². The van der Waals surface area contributed by atoms with Crippen LogP contribution in [0, 0.1) is 17.7 Å². The van der Waals surface area contributed by atoms with Crippen LogP contribution < -0.4 is 5.32 Å². The van der Waals surface area contributed by atoms with Crippen LogP contribution in [0.2, 0.25) is 5.02 Å². The van der Waals surface area contributed by atoms with Crippen LogP contribution in [0.5, 0.6) is 0 Å². The molecular formula is C17H25ClFN. The average Bonchev–Trinajstić information content (AvgIpc) is 2.46. The molecule has 20 heavy (non-hydrogen) atoms. The maximum atomic E-state index is 13.1. The smallest absolute Gasteiger partial charge is 0.124 e. The predicted octanol–water partition coefficient (Wildman–Crippen LogP) is 4.83. The molecule has 0 spiro atoms. The van der Waals surface area contributed by atoms with Crippen molar-refractivity contribution in [1.29, 1.82) is 0 Å². The van der Waals surface area contributed by atoms with Crippen molar-refractivity contribution in [1.82, 2.24) is 5.32 Å². The van der Waals surface area contributed by atoms with Crippen molar-refractivity contribution < 1.29 is 4.39 Å². The standard InChI is InChI=1S/C17H25ClFN/c1-3-12-6-4-5-7-15(12)17(20-2)10-13-8-9-14(19)11-16(13)18/h8-9,11-12,15,17,20H,3-7,10H2,1-2H3. The van der Waals surface area contributed by atoms with Crippen molar-refractivity contribution in [3.63, 3.8) is 0 Å². The molecule has 1 aliphatic carbocycles. The van der Waals surface area contributed by atoms with Crippen LogP contribution >= 0.6 is 11.6 Å². The van der Waals surface area contributed by atoms with Gasteiger partial charge >= 0.3 is 0 Å². The third-order valence-electron chi connectivity index (χ3n) is 4.83. The van der Waals surface area contributed by atoms with Gasteiger partial charge in [0, 0.05) is 11.1 Å². The van der Waals surface area contributed by atoms with Crippen molar-refractivity contribution in [2.24, 2.45) is 11.8 Å². The lowest BCUT2D eigenvalue weighted by atomic mass is 9.73. The van der Waals surface area contributed by atoms with Gasteiger partial charge in [0.1, 0.15) is 5.82 Å². The largest absolute Gasteiger partial charge is 0.316 e. The SMILES string of the molecule is CCC1CCCCC1C(Cc1ccc(F)cc1Cl)NC. The average molecular weight is 298 g/mol. The minimum absolute atomic E-state index is 0.260. The van der Waals surface area contributed by atoms with Gasteiger partial charge in [-0.2, -0.15) is 0 Å². The predicted molar refractivity (Wildman–Crippen MR) is 83.7 cm³/mol. The summed E-state index contributed by atoms with van der Waals surface area (Å²) >= 11 is 6.17. The molecule has 1 saturated carbocycles. The summed E-state index contributed by atoms with van der Waals surface area (Å²) < 4.78 is 13.1. The van der Waals surface area contributed by atoms with Crippen LogP contribution in [-0.4, -0.2) is 13.1 Å². The molecule has 0 aliphatic heterocycles. The maximum absolute atomic E-state index is 13.1. The number of nitrogens with one attached hydrogen (secondary N) is 1. The Kier molecular flexibility index (Phi) is 5.86. The zero-order valence-corrected chi connectivity index (χ0v) is 13.2. The fraction of sp³-hybridized carbons (Fsp3) is 0.647. The van der Waals surface area contributed by atoms with Crippen LogP contribution in [0.25, 0.3) is 0 Å². The summed E-state index contributed by atoms with van der Waals surface area (Å²) in [5.74, 6) is 1.25. The molecular weight excluding hydrogens is 273 g/mol. The highest BCUT2D eigenvalue weighted by molar-refractivity contribution is 6.31. The normalized spacial score (nSPS) is 24.6. The maximum Gasteiger partial charge on any atom is 0.124 e. The molecule has 112 valence electrons. The second-order valence-electron chi connectivity index (χ2n) is 5.95. The summed E-state index contributed by atoms with van der Waals surface area (Å²) in [4.78, 5) is 0. The highest BCUT2D eigenvalue weighted by Crippen LogP contribution is 2.36. The molecule has 1 aromatic rings. The van der Waals surface area contributed by atoms with E-state index in [4.69, 9.17) is 11.6 Å². The number of likely N-dealkylation sites (N-methyl/N-ethyl adjacent to an activating group) is 1. The van der Waals surface area contributed by atoms with Gasteiger partial charge in [0.25, 0.3) is 0 Å². The van der Waals surface area contributed by atoms with Gasteiger partial charge in [-0.25, -0.2) is 4.39 Å². The van der Waals surface area contributed by atoms with Crippen LogP contribution in [0.1, 0.15) is 44.6 Å². The highest BCUT2D eigenvalue weighted by Gasteiger charge is 2.30. The summed E-state index contributed by atoms with van der Waals surface area (Å²) in [5, 5.41) is 4.02. The van der Waals surface area contributed by atoms with Gasteiger partial charge in [-0.3, -0.25) is 0 Å². The van der Waals surface area contributed by atoms with E-state index in [9.17, 15) is 4.39 Å². The van der Waals surface area contributed by atoms with Crippen molar-refractivity contribution >= 4 is 11.6 Å². The Balaban J connectivity index is 2.11. The molecule has 3 heteroatoms. The van der Waals surface area contributed by atoms with E-state index in [1.54, 1.807) is 0 Å². The van der Waals surface area contributed by atoms with Crippen LogP contribution in [0.4, 0.5) is 4.39 Å².